The average Bonchev–Trinajstić information content (AvgIpc) is 3.54. The Bertz CT molecular complexity index is 1580. The van der Waals surface area contributed by atoms with Crippen molar-refractivity contribution in [3.05, 3.63) is 101 Å². The van der Waals surface area contributed by atoms with Crippen molar-refractivity contribution in [2.45, 2.75) is 24.3 Å². The molecule has 0 unspecified atom stereocenters. The lowest BCUT2D eigenvalue weighted by molar-refractivity contribution is 0.0992. The van der Waals surface area contributed by atoms with E-state index in [0.29, 0.717) is 34.4 Å². The molecule has 0 fully saturated rings. The van der Waals surface area contributed by atoms with Crippen LogP contribution in [0.25, 0.3) is 0 Å². The topological polar surface area (TPSA) is 128 Å². The van der Waals surface area contributed by atoms with Crippen LogP contribution in [0, 0.1) is 11.6 Å². The van der Waals surface area contributed by atoms with E-state index < -0.39 is 32.5 Å². The number of nitrogens with zero attached hydrogens (tertiary/aromatic N) is 2. The molecule has 0 spiro atoms. The minimum absolute atomic E-state index is 0.0800. The molecule has 4 aromatic rings. The fourth-order valence-electron chi connectivity index (χ4n) is 4.25. The summed E-state index contributed by atoms with van der Waals surface area (Å²) in [6.07, 6.45) is 1.75. The highest BCUT2D eigenvalue weighted by atomic mass is 32.2. The van der Waals surface area contributed by atoms with Crippen molar-refractivity contribution >= 4 is 27.4 Å². The van der Waals surface area contributed by atoms with E-state index in [9.17, 15) is 26.8 Å². The fourth-order valence-corrected chi connectivity index (χ4v) is 5.70. The van der Waals surface area contributed by atoms with E-state index in [0.717, 1.165) is 16.4 Å². The standard InChI is InChI=1S/C25H21F2N5O4S/c26-15-10-16(27)12-17(11-15)37(35,36)32-9-7-21-19(14-32)23(31-30-21)13-24(33)18-4-1-2-5-20(18)29-25(34)22-6-3-8-28-22/h1-6,8,10-12,28H,7,9,13-14H2,(H,29,34)(H,30,31). The quantitative estimate of drug-likeness (QED) is 0.319. The Morgan fingerprint density at radius 1 is 1.05 bits per heavy atom. The van der Waals surface area contributed by atoms with Gasteiger partial charge >= 0.3 is 0 Å². The summed E-state index contributed by atoms with van der Waals surface area (Å²) in [5.41, 5.74) is 2.52. The van der Waals surface area contributed by atoms with Crippen molar-refractivity contribution in [3.8, 4) is 0 Å². The third-order valence-electron chi connectivity index (χ3n) is 6.10. The number of hydrogen-bond donors (Lipinski definition) is 3. The lowest BCUT2D eigenvalue weighted by Gasteiger charge is -2.26. The SMILES string of the molecule is O=C(Nc1ccccc1C(=O)Cc1n[nH]c2c1CN(S(=O)(=O)c1cc(F)cc(F)c1)CC2)c1ccc[nH]1. The Hall–Kier alpha value is -4.16. The number of anilines is 1. The van der Waals surface area contributed by atoms with Crippen molar-refractivity contribution in [3.63, 3.8) is 0 Å². The number of Topliss-reactive ketones (excluding diaryl/α,β-unsaturated/α-hetero) is 1. The van der Waals surface area contributed by atoms with Gasteiger partial charge in [-0.3, -0.25) is 14.7 Å². The second kappa shape index (κ2) is 9.71. The molecule has 190 valence electrons. The Morgan fingerprint density at radius 2 is 1.81 bits per heavy atom. The second-order valence-corrected chi connectivity index (χ2v) is 10.4. The van der Waals surface area contributed by atoms with Gasteiger partial charge in [-0.1, -0.05) is 12.1 Å². The number of benzene rings is 2. The number of halogens is 2. The predicted octanol–water partition coefficient (Wildman–Crippen LogP) is 3.44. The zero-order valence-electron chi connectivity index (χ0n) is 19.3. The maximum atomic E-state index is 13.7. The Balaban J connectivity index is 1.37. The van der Waals surface area contributed by atoms with Gasteiger partial charge in [-0.05, 0) is 36.4 Å². The molecule has 0 bridgehead atoms. The van der Waals surface area contributed by atoms with E-state index in [1.165, 1.54) is 0 Å². The smallest absolute Gasteiger partial charge is 0.272 e. The van der Waals surface area contributed by atoms with Gasteiger partial charge in [-0.2, -0.15) is 9.40 Å². The number of aromatic amines is 2. The number of carbonyl (C=O) groups excluding carboxylic acids is 2. The molecule has 0 saturated heterocycles. The number of hydrogen-bond acceptors (Lipinski definition) is 5. The Morgan fingerprint density at radius 3 is 2.54 bits per heavy atom. The third kappa shape index (κ3) is 4.93. The van der Waals surface area contributed by atoms with E-state index in [4.69, 9.17) is 0 Å². The van der Waals surface area contributed by atoms with Crippen molar-refractivity contribution in [2.75, 3.05) is 11.9 Å². The molecule has 1 aliphatic heterocycles. The minimum atomic E-state index is -4.19. The lowest BCUT2D eigenvalue weighted by atomic mass is 10.00. The first-order valence-electron chi connectivity index (χ1n) is 11.3. The molecule has 0 aliphatic carbocycles. The summed E-state index contributed by atoms with van der Waals surface area (Å²) in [5.74, 6) is -2.72. The molecule has 1 aliphatic rings. The van der Waals surface area contributed by atoms with Gasteiger partial charge in [0.05, 0.1) is 22.7 Å². The second-order valence-electron chi connectivity index (χ2n) is 8.50. The zero-order valence-corrected chi connectivity index (χ0v) is 20.1. The van der Waals surface area contributed by atoms with E-state index in [1.54, 1.807) is 42.6 Å². The summed E-state index contributed by atoms with van der Waals surface area (Å²) in [6, 6.07) is 12.0. The van der Waals surface area contributed by atoms with Gasteiger partial charge in [0.25, 0.3) is 5.91 Å². The number of nitrogens with one attached hydrogen (secondary N) is 3. The molecule has 37 heavy (non-hydrogen) atoms. The molecule has 0 atom stereocenters. The van der Waals surface area contributed by atoms with Crippen LogP contribution < -0.4 is 5.32 Å². The zero-order chi connectivity index (χ0) is 26.2. The van der Waals surface area contributed by atoms with Gasteiger partial charge in [-0.25, -0.2) is 17.2 Å². The molecule has 5 rings (SSSR count). The number of carbonyl (C=O) groups is 2. The molecule has 9 nitrogen and oxygen atoms in total. The van der Waals surface area contributed by atoms with Gasteiger partial charge in [0.15, 0.2) is 5.78 Å². The number of aromatic nitrogens is 3. The van der Waals surface area contributed by atoms with E-state index >= 15 is 0 Å². The van der Waals surface area contributed by atoms with Gasteiger partial charge < -0.3 is 10.3 Å². The van der Waals surface area contributed by atoms with Crippen molar-refractivity contribution in [1.82, 2.24) is 19.5 Å². The maximum Gasteiger partial charge on any atom is 0.272 e. The van der Waals surface area contributed by atoms with E-state index in [-0.39, 0.29) is 37.3 Å². The van der Waals surface area contributed by atoms with E-state index in [1.807, 2.05) is 0 Å². The number of amides is 1. The van der Waals surface area contributed by atoms with Crippen molar-refractivity contribution in [2.24, 2.45) is 0 Å². The number of fused-ring (bicyclic) bond motifs is 1. The van der Waals surface area contributed by atoms with Gasteiger partial charge in [0, 0.05) is 48.6 Å². The van der Waals surface area contributed by atoms with Crippen LogP contribution in [-0.2, 0) is 29.4 Å². The van der Waals surface area contributed by atoms with Crippen LogP contribution in [0.3, 0.4) is 0 Å². The molecule has 0 radical (unpaired) electrons. The van der Waals surface area contributed by atoms with Crippen LogP contribution in [0.4, 0.5) is 14.5 Å². The van der Waals surface area contributed by atoms with Gasteiger partial charge in [-0.15, -0.1) is 0 Å². The van der Waals surface area contributed by atoms with Crippen molar-refractivity contribution < 1.29 is 26.8 Å². The lowest BCUT2D eigenvalue weighted by Crippen LogP contribution is -2.36. The van der Waals surface area contributed by atoms with Crippen LogP contribution in [0.5, 0.6) is 0 Å². The highest BCUT2D eigenvalue weighted by Gasteiger charge is 2.32. The first-order valence-corrected chi connectivity index (χ1v) is 12.7. The summed E-state index contributed by atoms with van der Waals surface area (Å²) in [7, 11) is -4.19. The average molecular weight is 526 g/mol. The number of H-pyrrole nitrogens is 2. The summed E-state index contributed by atoms with van der Waals surface area (Å²) in [4.78, 5) is 28.0. The Kier molecular flexibility index (Phi) is 6.44. The number of ketones is 1. The van der Waals surface area contributed by atoms with Gasteiger partial charge in [0.2, 0.25) is 10.0 Å². The number of rotatable bonds is 7. The molecule has 1 amide bonds. The maximum absolute atomic E-state index is 13.7. The van der Waals surface area contributed by atoms with Crippen LogP contribution in [-0.4, -0.2) is 46.1 Å². The minimum Gasteiger partial charge on any atom is -0.357 e. The highest BCUT2D eigenvalue weighted by Crippen LogP contribution is 2.28. The van der Waals surface area contributed by atoms with Crippen LogP contribution in [0.2, 0.25) is 0 Å². The van der Waals surface area contributed by atoms with Gasteiger partial charge in [0.1, 0.15) is 17.3 Å². The monoisotopic (exact) mass is 525 g/mol. The van der Waals surface area contributed by atoms with E-state index in [2.05, 4.69) is 20.5 Å². The molecule has 3 N–H and O–H groups in total. The van der Waals surface area contributed by atoms with Crippen LogP contribution >= 0.6 is 0 Å². The molecule has 2 aromatic carbocycles. The molecular formula is C25H21F2N5O4S. The number of para-hydroxylation sites is 1. The summed E-state index contributed by atoms with van der Waals surface area (Å²) < 4.78 is 54.6. The molecule has 3 heterocycles. The third-order valence-corrected chi connectivity index (χ3v) is 7.93. The highest BCUT2D eigenvalue weighted by molar-refractivity contribution is 7.89. The largest absolute Gasteiger partial charge is 0.357 e. The molecular weight excluding hydrogens is 504 g/mol. The molecule has 12 heteroatoms. The molecule has 0 saturated carbocycles. The van der Waals surface area contributed by atoms with Crippen LogP contribution in [0.15, 0.2) is 65.7 Å². The summed E-state index contributed by atoms with van der Waals surface area (Å²) in [6.45, 7) is -0.0310. The predicted molar refractivity (Wildman–Crippen MR) is 129 cm³/mol. The normalized spacial score (nSPS) is 13.8. The summed E-state index contributed by atoms with van der Waals surface area (Å²) in [5, 5.41) is 9.82. The summed E-state index contributed by atoms with van der Waals surface area (Å²) >= 11 is 0. The molecule has 2 aromatic heterocycles. The number of sulfonamides is 1. The first-order chi connectivity index (χ1) is 17.7. The Labute approximate surface area is 210 Å². The first kappa shape index (κ1) is 24.5. The van der Waals surface area contributed by atoms with Crippen LogP contribution in [0.1, 0.15) is 37.8 Å². The van der Waals surface area contributed by atoms with Crippen molar-refractivity contribution in [1.29, 1.82) is 0 Å². The fraction of sp³-hybridized carbons (Fsp3) is 0.160.